The minimum Gasteiger partial charge on any atom is -0.298 e. The Morgan fingerprint density at radius 3 is 2.47 bits per heavy atom. The van der Waals surface area contributed by atoms with E-state index in [0.29, 0.717) is 10.6 Å². The van der Waals surface area contributed by atoms with Gasteiger partial charge in [0.2, 0.25) is 0 Å². The largest absolute Gasteiger partial charge is 0.298 e. The topological polar surface area (TPSA) is 53.2 Å². The zero-order chi connectivity index (χ0) is 11.3. The Labute approximate surface area is 98.0 Å². The summed E-state index contributed by atoms with van der Waals surface area (Å²) in [5.41, 5.74) is 5.69. The number of carbonyl (C=O) groups is 1. The standard InChI is InChI=1S/C9H10ClN3OS/c1-11-13-9(15)12-8(14)6-2-4-7(10)5-3-6/h2-5,11H,1H3,(H2,12,13,14,15). The van der Waals surface area contributed by atoms with Gasteiger partial charge in [-0.1, -0.05) is 11.6 Å². The van der Waals surface area contributed by atoms with Gasteiger partial charge in [0.25, 0.3) is 5.91 Å². The van der Waals surface area contributed by atoms with E-state index < -0.39 is 0 Å². The second-order valence-corrected chi connectivity index (χ2v) is 3.51. The Morgan fingerprint density at radius 1 is 1.33 bits per heavy atom. The lowest BCUT2D eigenvalue weighted by Crippen LogP contribution is -2.44. The molecule has 0 radical (unpaired) electrons. The van der Waals surface area contributed by atoms with Gasteiger partial charge in [0, 0.05) is 17.6 Å². The minimum absolute atomic E-state index is 0.220. The maximum atomic E-state index is 11.5. The number of hydrazine groups is 1. The highest BCUT2D eigenvalue weighted by atomic mass is 35.5. The lowest BCUT2D eigenvalue weighted by atomic mass is 10.2. The number of halogens is 1. The van der Waals surface area contributed by atoms with E-state index >= 15 is 0 Å². The summed E-state index contributed by atoms with van der Waals surface area (Å²) in [6.07, 6.45) is 0. The average molecular weight is 244 g/mol. The van der Waals surface area contributed by atoms with Gasteiger partial charge in [-0.2, -0.15) is 0 Å². The molecule has 0 aliphatic rings. The van der Waals surface area contributed by atoms with Gasteiger partial charge in [-0.15, -0.1) is 0 Å². The Morgan fingerprint density at radius 2 is 1.93 bits per heavy atom. The van der Waals surface area contributed by atoms with Crippen molar-refractivity contribution in [2.24, 2.45) is 0 Å². The van der Waals surface area contributed by atoms with E-state index in [2.05, 4.69) is 16.2 Å². The predicted octanol–water partition coefficient (Wildman–Crippen LogP) is 1.08. The SMILES string of the molecule is CNNC(=S)NC(=O)c1ccc(Cl)cc1. The van der Waals surface area contributed by atoms with Gasteiger partial charge in [-0.25, -0.2) is 5.43 Å². The van der Waals surface area contributed by atoms with Crippen molar-refractivity contribution in [1.29, 1.82) is 0 Å². The zero-order valence-corrected chi connectivity index (χ0v) is 9.58. The molecule has 0 aliphatic heterocycles. The second kappa shape index (κ2) is 5.65. The van der Waals surface area contributed by atoms with Crippen LogP contribution < -0.4 is 16.2 Å². The highest BCUT2D eigenvalue weighted by Crippen LogP contribution is 2.09. The normalized spacial score (nSPS) is 9.47. The lowest BCUT2D eigenvalue weighted by Gasteiger charge is -2.07. The Kier molecular flexibility index (Phi) is 4.48. The first-order valence-electron chi connectivity index (χ1n) is 4.17. The van der Waals surface area contributed by atoms with Crippen molar-refractivity contribution in [2.75, 3.05) is 7.05 Å². The molecule has 1 aromatic carbocycles. The van der Waals surface area contributed by atoms with Crippen LogP contribution in [0.4, 0.5) is 0 Å². The van der Waals surface area contributed by atoms with Gasteiger partial charge in [-0.3, -0.25) is 15.5 Å². The van der Waals surface area contributed by atoms with Gasteiger partial charge in [-0.05, 0) is 36.5 Å². The molecule has 0 bridgehead atoms. The average Bonchev–Trinajstić information content (AvgIpc) is 2.18. The molecule has 0 saturated carbocycles. The van der Waals surface area contributed by atoms with Gasteiger partial charge in [0.1, 0.15) is 0 Å². The van der Waals surface area contributed by atoms with Crippen molar-refractivity contribution in [1.82, 2.24) is 16.2 Å². The van der Waals surface area contributed by atoms with Crippen LogP contribution in [0.25, 0.3) is 0 Å². The van der Waals surface area contributed by atoms with Gasteiger partial charge < -0.3 is 0 Å². The monoisotopic (exact) mass is 243 g/mol. The molecule has 1 rings (SSSR count). The van der Waals surface area contributed by atoms with Crippen LogP contribution in [0.15, 0.2) is 24.3 Å². The molecular weight excluding hydrogens is 234 g/mol. The van der Waals surface area contributed by atoms with E-state index in [1.807, 2.05) is 0 Å². The van der Waals surface area contributed by atoms with Gasteiger partial charge >= 0.3 is 0 Å². The fourth-order valence-electron chi connectivity index (χ4n) is 0.921. The number of rotatable bonds is 2. The van der Waals surface area contributed by atoms with Crippen LogP contribution in [-0.4, -0.2) is 18.1 Å². The first-order valence-corrected chi connectivity index (χ1v) is 4.95. The van der Waals surface area contributed by atoms with Gasteiger partial charge in [0.15, 0.2) is 5.11 Å². The predicted molar refractivity (Wildman–Crippen MR) is 63.7 cm³/mol. The first-order chi connectivity index (χ1) is 7.13. The molecular formula is C9H10ClN3OS. The molecule has 0 aliphatic carbocycles. The number of benzene rings is 1. The summed E-state index contributed by atoms with van der Waals surface area (Å²) in [6, 6.07) is 6.54. The summed E-state index contributed by atoms with van der Waals surface area (Å²) in [7, 11) is 1.65. The van der Waals surface area contributed by atoms with Crippen LogP contribution >= 0.6 is 23.8 Å². The summed E-state index contributed by atoms with van der Waals surface area (Å²) in [4.78, 5) is 11.5. The quantitative estimate of drug-likeness (QED) is 0.538. The molecule has 0 atom stereocenters. The van der Waals surface area contributed by atoms with Crippen LogP contribution in [0.3, 0.4) is 0 Å². The molecule has 1 amide bonds. The smallest absolute Gasteiger partial charge is 0.257 e. The molecule has 0 fully saturated rings. The number of amides is 1. The third kappa shape index (κ3) is 3.83. The molecule has 1 aromatic rings. The summed E-state index contributed by atoms with van der Waals surface area (Å²) in [5.74, 6) is -0.278. The molecule has 15 heavy (non-hydrogen) atoms. The number of hydrogen-bond acceptors (Lipinski definition) is 3. The van der Waals surface area contributed by atoms with Crippen molar-refractivity contribution in [3.05, 3.63) is 34.9 Å². The summed E-state index contributed by atoms with van der Waals surface area (Å²) < 4.78 is 0. The lowest BCUT2D eigenvalue weighted by molar-refractivity contribution is 0.0976. The van der Waals surface area contributed by atoms with Gasteiger partial charge in [0.05, 0.1) is 0 Å². The van der Waals surface area contributed by atoms with Crippen LogP contribution in [0.1, 0.15) is 10.4 Å². The van der Waals surface area contributed by atoms with E-state index in [1.54, 1.807) is 31.3 Å². The third-order valence-electron chi connectivity index (χ3n) is 1.57. The second-order valence-electron chi connectivity index (χ2n) is 2.67. The molecule has 0 saturated heterocycles. The van der Waals surface area contributed by atoms with E-state index in [-0.39, 0.29) is 11.0 Å². The summed E-state index contributed by atoms with van der Waals surface area (Å²) in [6.45, 7) is 0. The van der Waals surface area contributed by atoms with Crippen LogP contribution in [0, 0.1) is 0 Å². The van der Waals surface area contributed by atoms with Crippen molar-refractivity contribution in [2.45, 2.75) is 0 Å². The summed E-state index contributed by atoms with van der Waals surface area (Å²) in [5, 5.41) is 3.30. The fourth-order valence-corrected chi connectivity index (χ4v) is 1.24. The van der Waals surface area contributed by atoms with E-state index in [1.165, 1.54) is 0 Å². The molecule has 0 heterocycles. The Hall–Kier alpha value is -1.17. The first kappa shape index (κ1) is 11.9. The molecule has 0 spiro atoms. The maximum Gasteiger partial charge on any atom is 0.257 e. The Bertz CT molecular complexity index is 366. The molecule has 3 N–H and O–H groups in total. The van der Waals surface area contributed by atoms with Crippen LogP contribution in [0.5, 0.6) is 0 Å². The number of hydrogen-bond donors (Lipinski definition) is 3. The van der Waals surface area contributed by atoms with E-state index in [9.17, 15) is 4.79 Å². The van der Waals surface area contributed by atoms with Crippen molar-refractivity contribution in [3.63, 3.8) is 0 Å². The number of carbonyl (C=O) groups excluding carboxylic acids is 1. The van der Waals surface area contributed by atoms with Crippen LogP contribution in [0.2, 0.25) is 5.02 Å². The molecule has 0 aromatic heterocycles. The van der Waals surface area contributed by atoms with Crippen LogP contribution in [-0.2, 0) is 0 Å². The minimum atomic E-state index is -0.278. The Balaban J connectivity index is 2.61. The van der Waals surface area contributed by atoms with Crippen molar-refractivity contribution < 1.29 is 4.79 Å². The van der Waals surface area contributed by atoms with Crippen molar-refractivity contribution >= 4 is 34.8 Å². The summed E-state index contributed by atoms with van der Waals surface area (Å²) >= 11 is 10.5. The fraction of sp³-hybridized carbons (Fsp3) is 0.111. The van der Waals surface area contributed by atoms with E-state index in [0.717, 1.165) is 0 Å². The molecule has 6 heteroatoms. The number of nitrogens with one attached hydrogen (secondary N) is 3. The molecule has 0 unspecified atom stereocenters. The highest BCUT2D eigenvalue weighted by Gasteiger charge is 2.06. The molecule has 4 nitrogen and oxygen atoms in total. The molecule has 80 valence electrons. The highest BCUT2D eigenvalue weighted by molar-refractivity contribution is 7.80. The third-order valence-corrected chi connectivity index (χ3v) is 2.03. The van der Waals surface area contributed by atoms with Crippen molar-refractivity contribution in [3.8, 4) is 0 Å². The zero-order valence-electron chi connectivity index (χ0n) is 8.00. The van der Waals surface area contributed by atoms with E-state index in [4.69, 9.17) is 23.8 Å². The maximum absolute atomic E-state index is 11.5. The number of thiocarbonyl (C=S) groups is 1.